The van der Waals surface area contributed by atoms with Gasteiger partial charge in [-0.15, -0.1) is 10.2 Å². The van der Waals surface area contributed by atoms with Crippen LogP contribution in [0.4, 0.5) is 0 Å². The van der Waals surface area contributed by atoms with Gasteiger partial charge in [-0.05, 0) is 39.9 Å². The van der Waals surface area contributed by atoms with Crippen LogP contribution in [0.1, 0.15) is 51.2 Å². The number of guanidine groups is 1. The molecule has 0 saturated heterocycles. The highest BCUT2D eigenvalue weighted by atomic mass is 32.2. The van der Waals surface area contributed by atoms with Crippen molar-refractivity contribution >= 4 is 17.7 Å². The Balaban J connectivity index is 2.01. The number of aliphatic imine (C=N–C) groups is 1. The topological polar surface area (TPSA) is 67.1 Å². The Morgan fingerprint density at radius 3 is 2.61 bits per heavy atom. The molecule has 1 aromatic rings. The summed E-state index contributed by atoms with van der Waals surface area (Å²) in [5.74, 6) is 2.69. The lowest BCUT2D eigenvalue weighted by atomic mass is 10.2. The third kappa shape index (κ3) is 5.41. The van der Waals surface area contributed by atoms with Crippen molar-refractivity contribution in [3.05, 3.63) is 11.6 Å². The van der Waals surface area contributed by atoms with Crippen molar-refractivity contribution in [3.8, 4) is 0 Å². The lowest BCUT2D eigenvalue weighted by Crippen LogP contribution is -2.46. The van der Waals surface area contributed by atoms with Crippen molar-refractivity contribution in [2.24, 2.45) is 12.0 Å². The minimum absolute atomic E-state index is 0.180. The third-order valence-electron chi connectivity index (χ3n) is 4.49. The Bertz CT molecular complexity index is 531. The number of aryl methyl sites for hydroxylation is 1. The molecule has 2 rings (SSSR count). The second-order valence-electron chi connectivity index (χ2n) is 6.83. The second kappa shape index (κ2) is 8.04. The molecular weight excluding hydrogens is 308 g/mol. The SMILES string of the molecule is CSC(C)(C)CNC(=NCc1nnc(C)n1C)NC1CCCC1. The predicted molar refractivity (Wildman–Crippen MR) is 97.9 cm³/mol. The van der Waals surface area contributed by atoms with Gasteiger partial charge in [-0.2, -0.15) is 11.8 Å². The van der Waals surface area contributed by atoms with E-state index in [0.717, 1.165) is 24.2 Å². The van der Waals surface area contributed by atoms with E-state index in [1.54, 1.807) is 0 Å². The number of nitrogens with one attached hydrogen (secondary N) is 2. The van der Waals surface area contributed by atoms with Crippen molar-refractivity contribution in [3.63, 3.8) is 0 Å². The van der Waals surface area contributed by atoms with Crippen LogP contribution in [0.2, 0.25) is 0 Å². The zero-order chi connectivity index (χ0) is 16.9. The van der Waals surface area contributed by atoms with Crippen molar-refractivity contribution in [1.29, 1.82) is 0 Å². The summed E-state index contributed by atoms with van der Waals surface area (Å²) >= 11 is 1.86. The normalized spacial score (nSPS) is 16.8. The number of aromatic nitrogens is 3. The van der Waals surface area contributed by atoms with E-state index in [1.807, 2.05) is 30.3 Å². The van der Waals surface area contributed by atoms with Crippen LogP contribution < -0.4 is 10.6 Å². The van der Waals surface area contributed by atoms with Gasteiger partial charge < -0.3 is 15.2 Å². The molecule has 1 saturated carbocycles. The molecule has 1 aliphatic rings. The predicted octanol–water partition coefficient (Wildman–Crippen LogP) is 2.24. The first kappa shape index (κ1) is 18.1. The van der Waals surface area contributed by atoms with Gasteiger partial charge in [-0.3, -0.25) is 0 Å². The average Bonchev–Trinajstić information content (AvgIpc) is 3.14. The van der Waals surface area contributed by atoms with E-state index < -0.39 is 0 Å². The van der Waals surface area contributed by atoms with E-state index in [4.69, 9.17) is 4.99 Å². The van der Waals surface area contributed by atoms with Crippen LogP contribution in [0.5, 0.6) is 0 Å². The molecule has 1 fully saturated rings. The van der Waals surface area contributed by atoms with Crippen molar-refractivity contribution in [1.82, 2.24) is 25.4 Å². The first-order valence-electron chi connectivity index (χ1n) is 8.36. The molecule has 0 unspecified atom stereocenters. The summed E-state index contributed by atoms with van der Waals surface area (Å²) in [7, 11) is 1.98. The molecule has 0 atom stereocenters. The largest absolute Gasteiger partial charge is 0.355 e. The van der Waals surface area contributed by atoms with Gasteiger partial charge in [-0.25, -0.2) is 4.99 Å². The quantitative estimate of drug-likeness (QED) is 0.615. The molecule has 0 aliphatic heterocycles. The molecule has 0 spiro atoms. The van der Waals surface area contributed by atoms with E-state index in [9.17, 15) is 0 Å². The Morgan fingerprint density at radius 2 is 2.04 bits per heavy atom. The van der Waals surface area contributed by atoms with Gasteiger partial charge in [0.25, 0.3) is 0 Å². The molecule has 1 aromatic heterocycles. The molecule has 0 amide bonds. The molecule has 0 aromatic carbocycles. The van der Waals surface area contributed by atoms with E-state index in [2.05, 4.69) is 40.9 Å². The van der Waals surface area contributed by atoms with Gasteiger partial charge in [0, 0.05) is 24.4 Å². The number of thioether (sulfide) groups is 1. The zero-order valence-electron chi connectivity index (χ0n) is 15.0. The van der Waals surface area contributed by atoms with Crippen molar-refractivity contribution < 1.29 is 0 Å². The highest BCUT2D eigenvalue weighted by molar-refractivity contribution is 7.99. The van der Waals surface area contributed by atoms with Crippen molar-refractivity contribution in [2.75, 3.05) is 12.8 Å². The summed E-state index contributed by atoms with van der Waals surface area (Å²) in [5, 5.41) is 15.4. The van der Waals surface area contributed by atoms with E-state index in [0.29, 0.717) is 12.6 Å². The second-order valence-corrected chi connectivity index (χ2v) is 8.34. The van der Waals surface area contributed by atoms with Gasteiger partial charge in [0.2, 0.25) is 0 Å². The van der Waals surface area contributed by atoms with Crippen LogP contribution in [0, 0.1) is 6.92 Å². The molecule has 7 heteroatoms. The number of hydrogen-bond donors (Lipinski definition) is 2. The van der Waals surface area contributed by atoms with Crippen LogP contribution in [0.3, 0.4) is 0 Å². The maximum absolute atomic E-state index is 4.73. The van der Waals surface area contributed by atoms with E-state index >= 15 is 0 Å². The molecule has 2 N–H and O–H groups in total. The minimum Gasteiger partial charge on any atom is -0.355 e. The lowest BCUT2D eigenvalue weighted by molar-refractivity contribution is 0.596. The number of nitrogens with zero attached hydrogens (tertiary/aromatic N) is 4. The Labute approximate surface area is 143 Å². The summed E-state index contributed by atoms with van der Waals surface area (Å²) in [5.41, 5.74) is 0. The number of hydrogen-bond acceptors (Lipinski definition) is 4. The summed E-state index contributed by atoms with van der Waals surface area (Å²) < 4.78 is 2.17. The summed E-state index contributed by atoms with van der Waals surface area (Å²) in [4.78, 5) is 4.73. The third-order valence-corrected chi connectivity index (χ3v) is 5.74. The maximum Gasteiger partial charge on any atom is 0.191 e. The Morgan fingerprint density at radius 1 is 1.35 bits per heavy atom. The first-order chi connectivity index (χ1) is 10.9. The van der Waals surface area contributed by atoms with Gasteiger partial charge in [-0.1, -0.05) is 12.8 Å². The van der Waals surface area contributed by atoms with Crippen LogP contribution >= 0.6 is 11.8 Å². The summed E-state index contributed by atoms with van der Waals surface area (Å²) in [6, 6.07) is 0.542. The van der Waals surface area contributed by atoms with Crippen LogP contribution in [0.25, 0.3) is 0 Å². The zero-order valence-corrected chi connectivity index (χ0v) is 15.8. The fourth-order valence-electron chi connectivity index (χ4n) is 2.52. The highest BCUT2D eigenvalue weighted by Crippen LogP contribution is 2.20. The molecule has 1 aliphatic carbocycles. The van der Waals surface area contributed by atoms with Gasteiger partial charge in [0.1, 0.15) is 12.4 Å². The molecule has 0 bridgehead atoms. The van der Waals surface area contributed by atoms with Crippen molar-refractivity contribution in [2.45, 2.75) is 63.8 Å². The standard InChI is InChI=1S/C16H30N6S/c1-12-20-21-14(22(12)4)10-17-15(18-11-16(2,3)23-5)19-13-8-6-7-9-13/h13H,6-11H2,1-5H3,(H2,17,18,19). The number of rotatable bonds is 6. The van der Waals surface area contributed by atoms with Gasteiger partial charge >= 0.3 is 0 Å². The van der Waals surface area contributed by atoms with Crippen LogP contribution in [0.15, 0.2) is 4.99 Å². The molecule has 6 nitrogen and oxygen atoms in total. The van der Waals surface area contributed by atoms with Crippen LogP contribution in [-0.2, 0) is 13.6 Å². The monoisotopic (exact) mass is 338 g/mol. The van der Waals surface area contributed by atoms with E-state index in [-0.39, 0.29) is 4.75 Å². The Kier molecular flexibility index (Phi) is 6.33. The average molecular weight is 339 g/mol. The molecule has 0 radical (unpaired) electrons. The molecule has 130 valence electrons. The van der Waals surface area contributed by atoms with Gasteiger partial charge in [0.15, 0.2) is 11.8 Å². The maximum atomic E-state index is 4.73. The fourth-order valence-corrected chi connectivity index (χ4v) is 2.74. The van der Waals surface area contributed by atoms with Gasteiger partial charge in [0.05, 0.1) is 0 Å². The lowest BCUT2D eigenvalue weighted by Gasteiger charge is -2.25. The summed E-state index contributed by atoms with van der Waals surface area (Å²) in [6.45, 7) is 7.86. The molecule has 1 heterocycles. The first-order valence-corrected chi connectivity index (χ1v) is 9.58. The van der Waals surface area contributed by atoms with Crippen LogP contribution in [-0.4, -0.2) is 44.3 Å². The Hall–Kier alpha value is -1.24. The fraction of sp³-hybridized carbons (Fsp3) is 0.812. The molecular formula is C16H30N6S. The van der Waals surface area contributed by atoms with E-state index in [1.165, 1.54) is 25.7 Å². The summed E-state index contributed by atoms with van der Waals surface area (Å²) in [6.07, 6.45) is 7.23. The smallest absolute Gasteiger partial charge is 0.191 e. The molecule has 23 heavy (non-hydrogen) atoms. The highest BCUT2D eigenvalue weighted by Gasteiger charge is 2.19. The minimum atomic E-state index is 0.180.